The summed E-state index contributed by atoms with van der Waals surface area (Å²) in [6.45, 7) is 1.20. The largest absolute Gasteiger partial charge is 0.352 e. The molecule has 38 heavy (non-hydrogen) atoms. The molecule has 12 heteroatoms. The van der Waals surface area contributed by atoms with Gasteiger partial charge in [0, 0.05) is 22.6 Å². The molecule has 2 aromatic carbocycles. The van der Waals surface area contributed by atoms with Crippen LogP contribution in [0.15, 0.2) is 36.4 Å². The first-order valence-electron chi connectivity index (χ1n) is 12.4. The summed E-state index contributed by atoms with van der Waals surface area (Å²) in [5.74, 6) is -0.882. The van der Waals surface area contributed by atoms with Crippen LogP contribution in [0.1, 0.15) is 51.0 Å². The molecule has 0 radical (unpaired) electrons. The van der Waals surface area contributed by atoms with E-state index in [0.29, 0.717) is 22.0 Å². The van der Waals surface area contributed by atoms with Gasteiger partial charge in [0.05, 0.1) is 22.0 Å². The first-order valence-corrected chi connectivity index (χ1v) is 15.7. The minimum absolute atomic E-state index is 0.00164. The Kier molecular flexibility index (Phi) is 11.0. The minimum atomic E-state index is -3.95. The lowest BCUT2D eigenvalue weighted by Gasteiger charge is -2.34. The number of nitrogens with zero attached hydrogens (tertiary/aromatic N) is 2. The lowest BCUT2D eigenvalue weighted by molar-refractivity contribution is -0.140. The van der Waals surface area contributed by atoms with E-state index in [1.165, 1.54) is 17.0 Å². The summed E-state index contributed by atoms with van der Waals surface area (Å²) in [7, 11) is -3.95. The fraction of sp³-hybridized carbons (Fsp3) is 0.462. The summed E-state index contributed by atoms with van der Waals surface area (Å²) < 4.78 is 26.5. The van der Waals surface area contributed by atoms with Crippen molar-refractivity contribution >= 4 is 73.9 Å². The van der Waals surface area contributed by atoms with E-state index in [1.807, 2.05) is 0 Å². The molecule has 0 saturated heterocycles. The molecule has 1 aliphatic carbocycles. The second-order valence-electron chi connectivity index (χ2n) is 9.37. The third-order valence-corrected chi connectivity index (χ3v) is 9.09. The zero-order valence-electron chi connectivity index (χ0n) is 21.2. The fourth-order valence-corrected chi connectivity index (χ4v) is 6.35. The highest BCUT2D eigenvalue weighted by Crippen LogP contribution is 2.34. The summed E-state index contributed by atoms with van der Waals surface area (Å²) in [6, 6.07) is 8.60. The molecule has 1 N–H and O–H groups in total. The van der Waals surface area contributed by atoms with E-state index < -0.39 is 28.5 Å². The standard InChI is InChI=1S/C26H31Cl4N3O4S/c1-3-22(26(35)31-19-8-5-4-6-9-19)32(15-17-12-13-18(27)14-21(17)29)24(34)16-33(38(2,36)37)23-11-7-10-20(28)25(23)30/h7,10-14,19,22H,3-6,8-9,15-16H2,1-2H3,(H,31,35)/t22-/m1/s1. The van der Waals surface area contributed by atoms with Crippen LogP contribution in [-0.2, 0) is 26.2 Å². The molecule has 1 aliphatic rings. The van der Waals surface area contributed by atoms with E-state index in [-0.39, 0.29) is 34.2 Å². The van der Waals surface area contributed by atoms with Gasteiger partial charge in [-0.05, 0) is 49.1 Å². The van der Waals surface area contributed by atoms with Crippen molar-refractivity contribution in [3.63, 3.8) is 0 Å². The van der Waals surface area contributed by atoms with Crippen LogP contribution in [0.5, 0.6) is 0 Å². The van der Waals surface area contributed by atoms with Gasteiger partial charge in [-0.25, -0.2) is 8.42 Å². The number of hydrogen-bond acceptors (Lipinski definition) is 4. The molecule has 0 unspecified atom stereocenters. The highest BCUT2D eigenvalue weighted by atomic mass is 35.5. The molecule has 1 atom stereocenters. The first-order chi connectivity index (χ1) is 17.9. The summed E-state index contributed by atoms with van der Waals surface area (Å²) in [5, 5.41) is 4.00. The Labute approximate surface area is 244 Å². The Bertz CT molecular complexity index is 1270. The van der Waals surface area contributed by atoms with E-state index in [4.69, 9.17) is 46.4 Å². The number of halogens is 4. The van der Waals surface area contributed by atoms with E-state index in [9.17, 15) is 18.0 Å². The summed E-state index contributed by atoms with van der Waals surface area (Å²) in [5.41, 5.74) is 0.638. The molecule has 7 nitrogen and oxygen atoms in total. The Morgan fingerprint density at radius 2 is 1.71 bits per heavy atom. The van der Waals surface area contributed by atoms with Crippen molar-refractivity contribution in [1.29, 1.82) is 0 Å². The van der Waals surface area contributed by atoms with Crippen LogP contribution in [0.4, 0.5) is 5.69 Å². The Balaban J connectivity index is 1.97. The van der Waals surface area contributed by atoms with Crippen molar-refractivity contribution in [2.24, 2.45) is 0 Å². The predicted octanol–water partition coefficient (Wildman–Crippen LogP) is 6.32. The molecule has 3 rings (SSSR count). The second kappa shape index (κ2) is 13.6. The fourth-order valence-electron chi connectivity index (χ4n) is 4.58. The molecule has 0 aromatic heterocycles. The Morgan fingerprint density at radius 3 is 2.32 bits per heavy atom. The SMILES string of the molecule is CC[C@H](C(=O)NC1CCCCC1)N(Cc1ccc(Cl)cc1Cl)C(=O)CN(c1cccc(Cl)c1Cl)S(C)(=O)=O. The van der Waals surface area contributed by atoms with E-state index in [0.717, 1.165) is 42.7 Å². The molecular weight excluding hydrogens is 592 g/mol. The number of sulfonamides is 1. The molecule has 0 aliphatic heterocycles. The highest BCUT2D eigenvalue weighted by molar-refractivity contribution is 7.92. The van der Waals surface area contributed by atoms with Crippen LogP contribution >= 0.6 is 46.4 Å². The van der Waals surface area contributed by atoms with Gasteiger partial charge >= 0.3 is 0 Å². The smallest absolute Gasteiger partial charge is 0.244 e. The second-order valence-corrected chi connectivity index (χ2v) is 12.9. The van der Waals surface area contributed by atoms with Gasteiger partial charge in [-0.1, -0.05) is 84.7 Å². The molecule has 1 fully saturated rings. The summed E-state index contributed by atoms with van der Waals surface area (Å²) in [6.07, 6.45) is 6.26. The van der Waals surface area contributed by atoms with Gasteiger partial charge in [-0.15, -0.1) is 0 Å². The van der Waals surface area contributed by atoms with Crippen molar-refractivity contribution < 1.29 is 18.0 Å². The van der Waals surface area contributed by atoms with E-state index in [2.05, 4.69) is 5.32 Å². The maximum Gasteiger partial charge on any atom is 0.244 e. The molecule has 0 bridgehead atoms. The van der Waals surface area contributed by atoms with Crippen LogP contribution in [0.25, 0.3) is 0 Å². The van der Waals surface area contributed by atoms with Crippen LogP contribution in [0.3, 0.4) is 0 Å². The zero-order chi connectivity index (χ0) is 28.0. The molecule has 2 amide bonds. The number of carbonyl (C=O) groups excluding carboxylic acids is 2. The highest BCUT2D eigenvalue weighted by Gasteiger charge is 2.33. The van der Waals surface area contributed by atoms with Crippen molar-refractivity contribution in [3.05, 3.63) is 62.1 Å². The average molecular weight is 623 g/mol. The normalized spacial score (nSPS) is 15.1. The topological polar surface area (TPSA) is 86.8 Å². The number of rotatable bonds is 10. The summed E-state index contributed by atoms with van der Waals surface area (Å²) in [4.78, 5) is 28.6. The van der Waals surface area contributed by atoms with Crippen LogP contribution in [0.2, 0.25) is 20.1 Å². The molecule has 1 saturated carbocycles. The third-order valence-electron chi connectivity index (χ3n) is 6.57. The van der Waals surface area contributed by atoms with Crippen LogP contribution in [-0.4, -0.2) is 50.0 Å². The third kappa shape index (κ3) is 7.92. The maximum atomic E-state index is 13.8. The first kappa shape index (κ1) is 30.8. The molecule has 208 valence electrons. The molecular formula is C26H31Cl4N3O4S. The molecule has 2 aromatic rings. The van der Waals surface area contributed by atoms with Gasteiger partial charge < -0.3 is 10.2 Å². The van der Waals surface area contributed by atoms with Crippen molar-refractivity contribution in [1.82, 2.24) is 10.2 Å². The maximum absolute atomic E-state index is 13.8. The number of benzene rings is 2. The molecule has 0 spiro atoms. The zero-order valence-corrected chi connectivity index (χ0v) is 25.1. The van der Waals surface area contributed by atoms with Crippen LogP contribution < -0.4 is 9.62 Å². The van der Waals surface area contributed by atoms with Crippen molar-refractivity contribution in [3.8, 4) is 0 Å². The lowest BCUT2D eigenvalue weighted by atomic mass is 9.95. The quantitative estimate of drug-likeness (QED) is 0.336. The van der Waals surface area contributed by atoms with Gasteiger partial charge in [0.2, 0.25) is 21.8 Å². The number of anilines is 1. The summed E-state index contributed by atoms with van der Waals surface area (Å²) >= 11 is 24.9. The average Bonchev–Trinajstić information content (AvgIpc) is 2.85. The molecule has 0 heterocycles. The van der Waals surface area contributed by atoms with Crippen molar-refractivity contribution in [2.75, 3.05) is 17.1 Å². The van der Waals surface area contributed by atoms with Gasteiger partial charge in [0.15, 0.2) is 0 Å². The van der Waals surface area contributed by atoms with Gasteiger partial charge in [-0.2, -0.15) is 0 Å². The number of nitrogens with one attached hydrogen (secondary N) is 1. The number of carbonyl (C=O) groups is 2. The van der Waals surface area contributed by atoms with Crippen LogP contribution in [0, 0.1) is 0 Å². The minimum Gasteiger partial charge on any atom is -0.352 e. The van der Waals surface area contributed by atoms with Crippen molar-refractivity contribution in [2.45, 2.75) is 64.1 Å². The van der Waals surface area contributed by atoms with Gasteiger partial charge in [-0.3, -0.25) is 13.9 Å². The van der Waals surface area contributed by atoms with E-state index >= 15 is 0 Å². The van der Waals surface area contributed by atoms with Gasteiger partial charge in [0.25, 0.3) is 0 Å². The number of hydrogen-bond donors (Lipinski definition) is 1. The van der Waals surface area contributed by atoms with Gasteiger partial charge in [0.1, 0.15) is 12.6 Å². The monoisotopic (exact) mass is 621 g/mol. The Morgan fingerprint density at radius 1 is 1.03 bits per heavy atom. The lowest BCUT2D eigenvalue weighted by Crippen LogP contribution is -2.54. The Hall–Kier alpha value is -1.71. The predicted molar refractivity (Wildman–Crippen MR) is 155 cm³/mol. The number of amides is 2. The van der Waals surface area contributed by atoms with E-state index in [1.54, 1.807) is 31.2 Å².